The van der Waals surface area contributed by atoms with Gasteiger partial charge in [-0.25, -0.2) is 0 Å². The lowest BCUT2D eigenvalue weighted by Gasteiger charge is -1.81. The van der Waals surface area contributed by atoms with Crippen molar-refractivity contribution in [2.45, 2.75) is 0 Å². The predicted molar refractivity (Wildman–Crippen MR) is 26.3 cm³/mol. The average Bonchev–Trinajstić information content (AvgIpc) is 1.64. The fourth-order valence-corrected chi connectivity index (χ4v) is 0.461. The van der Waals surface area contributed by atoms with E-state index in [1.807, 2.05) is 0 Å². The van der Waals surface area contributed by atoms with Gasteiger partial charge in [-0.2, -0.15) is 9.37 Å². The zero-order valence-corrected chi connectivity index (χ0v) is 5.18. The third-order valence-electron chi connectivity index (χ3n) is 0.465. The Balaban J connectivity index is 3.08. The Morgan fingerprint density at radius 1 is 1.62 bits per heavy atom. The molecule has 5 heteroatoms. The minimum atomic E-state index is -0.851. The summed E-state index contributed by atoms with van der Waals surface area (Å²) in [5.41, 5.74) is 0. The van der Waals surface area contributed by atoms with Crippen molar-refractivity contribution in [1.82, 2.24) is 15.2 Å². The van der Waals surface area contributed by atoms with Crippen LogP contribution in [0.25, 0.3) is 0 Å². The second-order valence-electron chi connectivity index (χ2n) is 0.983. The van der Waals surface area contributed by atoms with Crippen LogP contribution < -0.4 is 0 Å². The first-order valence-corrected chi connectivity index (χ1v) is 2.52. The number of halogens is 2. The Kier molecular flexibility index (Phi) is 1.48. The second-order valence-corrected chi connectivity index (χ2v) is 1.73. The van der Waals surface area contributed by atoms with Crippen molar-refractivity contribution in [1.29, 1.82) is 0 Å². The Morgan fingerprint density at radius 2 is 2.38 bits per heavy atom. The van der Waals surface area contributed by atoms with Crippen molar-refractivity contribution in [3.63, 3.8) is 0 Å². The molecule has 41 valence electrons. The van der Waals surface area contributed by atoms with Crippen molar-refractivity contribution < 1.29 is 4.39 Å². The third-order valence-corrected chi connectivity index (χ3v) is 0.820. The summed E-state index contributed by atoms with van der Waals surface area (Å²) in [5, 5.41) is 6.05. The van der Waals surface area contributed by atoms with Gasteiger partial charge in [-0.1, -0.05) is 5.10 Å². The molecule has 1 aromatic rings. The monoisotopic (exact) mass is 176 g/mol. The first kappa shape index (κ1) is 5.55. The van der Waals surface area contributed by atoms with E-state index in [1.165, 1.54) is 0 Å². The Bertz CT molecular complexity index is 174. The van der Waals surface area contributed by atoms with Gasteiger partial charge in [0.1, 0.15) is 10.8 Å². The number of aromatic nitrogens is 3. The van der Waals surface area contributed by atoms with Crippen LogP contribution >= 0.6 is 15.9 Å². The molecular formula is C3BrFN3. The van der Waals surface area contributed by atoms with Gasteiger partial charge in [-0.15, -0.1) is 5.10 Å². The van der Waals surface area contributed by atoms with Crippen molar-refractivity contribution in [3.8, 4) is 0 Å². The molecule has 0 unspecified atom stereocenters. The molecule has 0 saturated heterocycles. The molecule has 0 aliphatic rings. The van der Waals surface area contributed by atoms with Crippen LogP contribution in [0.2, 0.25) is 0 Å². The lowest BCUT2D eigenvalue weighted by Crippen LogP contribution is -1.90. The lowest BCUT2D eigenvalue weighted by atomic mass is 10.9. The molecule has 0 spiro atoms. The van der Waals surface area contributed by atoms with E-state index in [1.54, 1.807) is 0 Å². The molecule has 0 saturated carbocycles. The molecule has 0 N–H and O–H groups in total. The second kappa shape index (κ2) is 2.13. The summed E-state index contributed by atoms with van der Waals surface area (Å²) in [6, 6.07) is 0. The van der Waals surface area contributed by atoms with Gasteiger partial charge in [0.2, 0.25) is 0 Å². The summed E-state index contributed by atoms with van der Waals surface area (Å²) < 4.78 is 12.1. The average molecular weight is 177 g/mol. The Labute approximate surface area is 53.1 Å². The van der Waals surface area contributed by atoms with Crippen LogP contribution in [-0.4, -0.2) is 15.2 Å². The summed E-state index contributed by atoms with van der Waals surface area (Å²) in [4.78, 5) is 3.19. The minimum Gasteiger partial charge on any atom is -0.191 e. The maximum absolute atomic E-state index is 11.8. The van der Waals surface area contributed by atoms with Crippen LogP contribution in [-0.2, 0) is 0 Å². The SMILES string of the molecule is Fc1nn[c]c(Br)n1. The molecule has 0 atom stereocenters. The number of nitrogens with zero attached hydrogens (tertiary/aromatic N) is 3. The Hall–Kier alpha value is -0.580. The van der Waals surface area contributed by atoms with Crippen LogP contribution in [0.4, 0.5) is 4.39 Å². The minimum absolute atomic E-state index is 0.227. The maximum Gasteiger partial charge on any atom is 0.328 e. The van der Waals surface area contributed by atoms with Crippen molar-refractivity contribution in [3.05, 3.63) is 16.9 Å². The van der Waals surface area contributed by atoms with E-state index in [2.05, 4.69) is 37.3 Å². The molecule has 0 amide bonds. The van der Waals surface area contributed by atoms with Gasteiger partial charge in [-0.05, 0) is 15.9 Å². The van der Waals surface area contributed by atoms with Gasteiger partial charge >= 0.3 is 6.08 Å². The highest BCUT2D eigenvalue weighted by Gasteiger charge is 1.92. The molecule has 3 nitrogen and oxygen atoms in total. The number of rotatable bonds is 0. The Morgan fingerprint density at radius 3 is 2.75 bits per heavy atom. The van der Waals surface area contributed by atoms with Crippen LogP contribution in [0.3, 0.4) is 0 Å². The molecule has 1 heterocycles. The molecule has 8 heavy (non-hydrogen) atoms. The molecule has 0 bridgehead atoms. The largest absolute Gasteiger partial charge is 0.328 e. The fourth-order valence-electron chi connectivity index (χ4n) is 0.236. The van der Waals surface area contributed by atoms with Gasteiger partial charge in [0.05, 0.1) is 0 Å². The normalized spacial score (nSPS) is 9.25. The summed E-state index contributed by atoms with van der Waals surface area (Å²) >= 11 is 2.85. The molecule has 0 aliphatic heterocycles. The smallest absolute Gasteiger partial charge is 0.191 e. The van der Waals surface area contributed by atoms with Gasteiger partial charge in [0, 0.05) is 0 Å². The fraction of sp³-hybridized carbons (Fsp3) is 0. The zero-order valence-electron chi connectivity index (χ0n) is 3.60. The van der Waals surface area contributed by atoms with Gasteiger partial charge in [0.15, 0.2) is 0 Å². The number of hydrogen-bond donors (Lipinski definition) is 0. The van der Waals surface area contributed by atoms with Crippen LogP contribution in [0.1, 0.15) is 0 Å². The zero-order chi connectivity index (χ0) is 5.98. The first-order chi connectivity index (χ1) is 3.79. The highest BCUT2D eigenvalue weighted by atomic mass is 79.9. The maximum atomic E-state index is 11.8. The molecule has 0 aromatic carbocycles. The standard InChI is InChI=1S/C3BrFN3/c4-2-1-6-8-3(5)7-2. The van der Waals surface area contributed by atoms with Gasteiger partial charge < -0.3 is 0 Å². The summed E-state index contributed by atoms with van der Waals surface area (Å²) in [5.74, 6) is 0. The molecule has 0 aliphatic carbocycles. The molecule has 1 radical (unpaired) electrons. The summed E-state index contributed by atoms with van der Waals surface area (Å²) in [7, 11) is 0. The van der Waals surface area contributed by atoms with E-state index in [-0.39, 0.29) is 4.60 Å². The summed E-state index contributed by atoms with van der Waals surface area (Å²) in [6.45, 7) is 0. The first-order valence-electron chi connectivity index (χ1n) is 1.72. The topological polar surface area (TPSA) is 38.7 Å². The van der Waals surface area contributed by atoms with Crippen molar-refractivity contribution >= 4 is 15.9 Å². The van der Waals surface area contributed by atoms with E-state index in [9.17, 15) is 4.39 Å². The third kappa shape index (κ3) is 1.19. The van der Waals surface area contributed by atoms with E-state index < -0.39 is 6.08 Å². The highest BCUT2D eigenvalue weighted by molar-refractivity contribution is 9.10. The van der Waals surface area contributed by atoms with Gasteiger partial charge in [-0.3, -0.25) is 0 Å². The quantitative estimate of drug-likeness (QED) is 0.581. The van der Waals surface area contributed by atoms with E-state index >= 15 is 0 Å². The van der Waals surface area contributed by atoms with Gasteiger partial charge in [0.25, 0.3) is 0 Å². The number of hydrogen-bond acceptors (Lipinski definition) is 3. The molecule has 0 fully saturated rings. The van der Waals surface area contributed by atoms with Crippen LogP contribution in [0.5, 0.6) is 0 Å². The molecule has 1 rings (SSSR count). The highest BCUT2D eigenvalue weighted by Crippen LogP contribution is 1.98. The molecular weight excluding hydrogens is 177 g/mol. The summed E-state index contributed by atoms with van der Waals surface area (Å²) in [6.07, 6.45) is 1.43. The van der Waals surface area contributed by atoms with Crippen molar-refractivity contribution in [2.75, 3.05) is 0 Å². The molecule has 1 aromatic heterocycles. The van der Waals surface area contributed by atoms with Crippen LogP contribution in [0, 0.1) is 12.3 Å². The van der Waals surface area contributed by atoms with E-state index in [4.69, 9.17) is 0 Å². The van der Waals surface area contributed by atoms with E-state index in [0.29, 0.717) is 0 Å². The van der Waals surface area contributed by atoms with E-state index in [0.717, 1.165) is 0 Å². The lowest BCUT2D eigenvalue weighted by molar-refractivity contribution is 0.513. The predicted octanol–water partition coefficient (Wildman–Crippen LogP) is 0.573. The van der Waals surface area contributed by atoms with Crippen molar-refractivity contribution in [2.24, 2.45) is 0 Å². The van der Waals surface area contributed by atoms with Crippen LogP contribution in [0.15, 0.2) is 4.60 Å².